The first-order chi connectivity index (χ1) is 9.65. The number of carbonyl (C=O) groups is 1. The van der Waals surface area contributed by atoms with Crippen LogP contribution < -0.4 is 5.32 Å². The van der Waals surface area contributed by atoms with Gasteiger partial charge in [0, 0.05) is 0 Å². The van der Waals surface area contributed by atoms with Crippen molar-refractivity contribution >= 4 is 5.97 Å². The van der Waals surface area contributed by atoms with E-state index in [0.717, 1.165) is 31.5 Å². The molecule has 1 aromatic carbocycles. The number of carbonyl (C=O) groups excluding carboxylic acids is 1. The summed E-state index contributed by atoms with van der Waals surface area (Å²) in [6.07, 6.45) is 2.16. The van der Waals surface area contributed by atoms with Crippen molar-refractivity contribution in [1.29, 1.82) is 0 Å². The van der Waals surface area contributed by atoms with Gasteiger partial charge in [0.2, 0.25) is 0 Å². The fourth-order valence-electron chi connectivity index (χ4n) is 2.01. The number of rotatable bonds is 9. The molecular formula is C16H26N2O2. The zero-order chi connectivity index (χ0) is 14.8. The Morgan fingerprint density at radius 3 is 2.55 bits per heavy atom. The Morgan fingerprint density at radius 1 is 1.25 bits per heavy atom. The largest absolute Gasteiger partial charge is 0.465 e. The van der Waals surface area contributed by atoms with E-state index in [2.05, 4.69) is 24.3 Å². The molecule has 4 nitrogen and oxygen atoms in total. The molecule has 0 saturated heterocycles. The van der Waals surface area contributed by atoms with E-state index in [1.54, 1.807) is 0 Å². The third kappa shape index (κ3) is 6.17. The van der Waals surface area contributed by atoms with E-state index < -0.39 is 0 Å². The van der Waals surface area contributed by atoms with Crippen LogP contribution in [0.25, 0.3) is 0 Å². The smallest absolute Gasteiger partial charge is 0.327 e. The van der Waals surface area contributed by atoms with Crippen molar-refractivity contribution in [3.05, 3.63) is 35.9 Å². The summed E-state index contributed by atoms with van der Waals surface area (Å²) in [5.41, 5.74) is 0.957. The molecule has 0 aromatic heterocycles. The molecule has 0 aliphatic heterocycles. The zero-order valence-corrected chi connectivity index (χ0v) is 12.8. The van der Waals surface area contributed by atoms with E-state index in [1.807, 2.05) is 37.3 Å². The topological polar surface area (TPSA) is 41.6 Å². The number of unbranched alkanes of at least 4 members (excludes halogenated alkanes) is 1. The van der Waals surface area contributed by atoms with Gasteiger partial charge in [-0.3, -0.25) is 0 Å². The van der Waals surface area contributed by atoms with Gasteiger partial charge in [0.25, 0.3) is 0 Å². The summed E-state index contributed by atoms with van der Waals surface area (Å²) in [6, 6.07) is 9.37. The predicted octanol–water partition coefficient (Wildman–Crippen LogP) is 2.22. The maximum absolute atomic E-state index is 12.0. The van der Waals surface area contributed by atoms with Crippen LogP contribution in [0.4, 0.5) is 0 Å². The van der Waals surface area contributed by atoms with Crippen molar-refractivity contribution in [3.8, 4) is 0 Å². The van der Waals surface area contributed by atoms with Gasteiger partial charge < -0.3 is 15.0 Å². The maximum atomic E-state index is 12.0. The van der Waals surface area contributed by atoms with Crippen LogP contribution in [0.15, 0.2) is 30.3 Å². The molecular weight excluding hydrogens is 252 g/mol. The average Bonchev–Trinajstić information content (AvgIpc) is 2.43. The Hall–Kier alpha value is -1.39. The molecule has 0 aliphatic carbocycles. The molecule has 1 N–H and O–H groups in total. The van der Waals surface area contributed by atoms with Crippen LogP contribution in [-0.2, 0) is 9.53 Å². The second-order valence-electron chi connectivity index (χ2n) is 5.06. The van der Waals surface area contributed by atoms with Gasteiger partial charge in [0.1, 0.15) is 6.04 Å². The van der Waals surface area contributed by atoms with Crippen LogP contribution in [0.3, 0.4) is 0 Å². The summed E-state index contributed by atoms with van der Waals surface area (Å²) in [5.74, 6) is -0.202. The Bertz CT molecular complexity index is 379. The molecule has 1 rings (SSSR count). The number of esters is 1. The molecule has 1 unspecified atom stereocenters. The molecule has 4 heteroatoms. The molecule has 0 aliphatic rings. The highest BCUT2D eigenvalue weighted by Gasteiger charge is 2.20. The van der Waals surface area contributed by atoms with Gasteiger partial charge in [-0.15, -0.1) is 0 Å². The van der Waals surface area contributed by atoms with E-state index in [1.165, 1.54) is 0 Å². The lowest BCUT2D eigenvalue weighted by molar-refractivity contribution is -0.145. The maximum Gasteiger partial charge on any atom is 0.327 e. The molecule has 0 saturated carbocycles. The summed E-state index contributed by atoms with van der Waals surface area (Å²) < 4.78 is 5.14. The van der Waals surface area contributed by atoms with Crippen LogP contribution >= 0.6 is 0 Å². The van der Waals surface area contributed by atoms with Gasteiger partial charge in [0.05, 0.1) is 6.61 Å². The van der Waals surface area contributed by atoms with Crippen LogP contribution in [0.1, 0.15) is 31.4 Å². The summed E-state index contributed by atoms with van der Waals surface area (Å²) in [5, 5.41) is 3.30. The molecule has 20 heavy (non-hydrogen) atoms. The summed E-state index contributed by atoms with van der Waals surface area (Å²) in [6.45, 7) is 4.12. The molecule has 0 bridgehead atoms. The molecule has 1 aromatic rings. The second kappa shape index (κ2) is 9.50. The molecule has 0 fully saturated rings. The van der Waals surface area contributed by atoms with Gasteiger partial charge in [-0.05, 0) is 52.5 Å². The summed E-state index contributed by atoms with van der Waals surface area (Å²) in [4.78, 5) is 14.2. The van der Waals surface area contributed by atoms with Gasteiger partial charge in [-0.1, -0.05) is 30.3 Å². The monoisotopic (exact) mass is 278 g/mol. The zero-order valence-electron chi connectivity index (χ0n) is 12.8. The highest BCUT2D eigenvalue weighted by molar-refractivity contribution is 5.77. The van der Waals surface area contributed by atoms with Crippen LogP contribution in [0, 0.1) is 0 Å². The number of hydrogen-bond acceptors (Lipinski definition) is 4. The summed E-state index contributed by atoms with van der Waals surface area (Å²) >= 11 is 0. The lowest BCUT2D eigenvalue weighted by Gasteiger charge is -2.18. The van der Waals surface area contributed by atoms with E-state index in [4.69, 9.17) is 4.74 Å². The third-order valence-electron chi connectivity index (χ3n) is 3.04. The van der Waals surface area contributed by atoms with Crippen molar-refractivity contribution in [2.45, 2.75) is 25.8 Å². The fourth-order valence-corrected chi connectivity index (χ4v) is 2.01. The fraction of sp³-hybridized carbons (Fsp3) is 0.562. The number of ether oxygens (including phenoxy) is 1. The van der Waals surface area contributed by atoms with E-state index in [-0.39, 0.29) is 12.0 Å². The van der Waals surface area contributed by atoms with Crippen LogP contribution in [0.5, 0.6) is 0 Å². The van der Waals surface area contributed by atoms with Crippen molar-refractivity contribution < 1.29 is 9.53 Å². The SMILES string of the molecule is CCOC(=O)C(NCCCCN(C)C)c1ccccc1. The second-order valence-corrected chi connectivity index (χ2v) is 5.06. The van der Waals surface area contributed by atoms with Crippen LogP contribution in [-0.4, -0.2) is 44.7 Å². The Morgan fingerprint density at radius 2 is 1.95 bits per heavy atom. The van der Waals surface area contributed by atoms with Gasteiger partial charge in [0.15, 0.2) is 0 Å². The van der Waals surface area contributed by atoms with Crippen LogP contribution in [0.2, 0.25) is 0 Å². The minimum absolute atomic E-state index is 0.202. The minimum Gasteiger partial charge on any atom is -0.465 e. The molecule has 1 atom stereocenters. The Labute approximate surface area is 122 Å². The first-order valence-corrected chi connectivity index (χ1v) is 7.24. The number of nitrogens with one attached hydrogen (secondary N) is 1. The van der Waals surface area contributed by atoms with Crippen molar-refractivity contribution in [2.75, 3.05) is 33.8 Å². The number of nitrogens with zero attached hydrogens (tertiary/aromatic N) is 1. The molecule has 112 valence electrons. The lowest BCUT2D eigenvalue weighted by Crippen LogP contribution is -2.31. The van der Waals surface area contributed by atoms with E-state index >= 15 is 0 Å². The predicted molar refractivity (Wildman–Crippen MR) is 81.6 cm³/mol. The van der Waals surface area contributed by atoms with Crippen molar-refractivity contribution in [1.82, 2.24) is 10.2 Å². The van der Waals surface area contributed by atoms with Crippen molar-refractivity contribution in [3.63, 3.8) is 0 Å². The molecule has 0 heterocycles. The normalized spacial score (nSPS) is 12.4. The Balaban J connectivity index is 2.49. The van der Waals surface area contributed by atoms with E-state index in [9.17, 15) is 4.79 Å². The Kier molecular flexibility index (Phi) is 7.92. The molecule has 0 amide bonds. The first kappa shape index (κ1) is 16.7. The standard InChI is InChI=1S/C16H26N2O2/c1-4-20-16(19)15(14-10-6-5-7-11-14)17-12-8-9-13-18(2)3/h5-7,10-11,15,17H,4,8-9,12-13H2,1-3H3. The molecule has 0 spiro atoms. The minimum atomic E-state index is -0.365. The highest BCUT2D eigenvalue weighted by Crippen LogP contribution is 2.14. The highest BCUT2D eigenvalue weighted by atomic mass is 16.5. The lowest BCUT2D eigenvalue weighted by atomic mass is 10.1. The van der Waals surface area contributed by atoms with Gasteiger partial charge in [-0.2, -0.15) is 0 Å². The van der Waals surface area contributed by atoms with Gasteiger partial charge >= 0.3 is 5.97 Å². The molecule has 0 radical (unpaired) electrons. The van der Waals surface area contributed by atoms with Gasteiger partial charge in [-0.25, -0.2) is 4.79 Å². The third-order valence-corrected chi connectivity index (χ3v) is 3.04. The average molecular weight is 278 g/mol. The van der Waals surface area contributed by atoms with E-state index in [0.29, 0.717) is 6.61 Å². The first-order valence-electron chi connectivity index (χ1n) is 7.24. The van der Waals surface area contributed by atoms with Crippen molar-refractivity contribution in [2.24, 2.45) is 0 Å². The summed E-state index contributed by atoms with van der Waals surface area (Å²) in [7, 11) is 4.14. The number of benzene rings is 1. The number of hydrogen-bond donors (Lipinski definition) is 1. The quantitative estimate of drug-likeness (QED) is 0.555.